The van der Waals surface area contributed by atoms with Crippen molar-refractivity contribution in [2.45, 2.75) is 52.1 Å². The van der Waals surface area contributed by atoms with E-state index in [9.17, 15) is 14.4 Å². The van der Waals surface area contributed by atoms with Crippen LogP contribution < -0.4 is 5.69 Å². The minimum atomic E-state index is -0.591. The van der Waals surface area contributed by atoms with Gasteiger partial charge < -0.3 is 9.64 Å². The Bertz CT molecular complexity index is 1270. The number of carbonyl (C=O) groups is 2. The topological polar surface area (TPSA) is 73.5 Å². The lowest BCUT2D eigenvalue weighted by Gasteiger charge is -2.27. The van der Waals surface area contributed by atoms with Crippen molar-refractivity contribution in [3.8, 4) is 0 Å². The van der Waals surface area contributed by atoms with Crippen LogP contribution >= 0.6 is 11.6 Å². The van der Waals surface area contributed by atoms with Crippen molar-refractivity contribution in [3.05, 3.63) is 69.1 Å². The maximum absolute atomic E-state index is 12.8. The molecule has 8 heteroatoms. The van der Waals surface area contributed by atoms with Gasteiger partial charge in [-0.1, -0.05) is 29.8 Å². The number of Topliss-reactive ketones (excluding diaryl/α,β-unsaturated/α-hetero) is 1. The summed E-state index contributed by atoms with van der Waals surface area (Å²) in [5.74, 6) is 0.0167. The molecule has 3 rings (SSSR count). The Kier molecular flexibility index (Phi) is 8.43. The Morgan fingerprint density at radius 2 is 1.66 bits per heavy atom. The fraction of sp³-hybridized carbons (Fsp3) is 0.444. The fourth-order valence-electron chi connectivity index (χ4n) is 3.99. The molecule has 0 fully saturated rings. The molecular formula is C27H34ClN3O4. The second kappa shape index (κ2) is 11.1. The van der Waals surface area contributed by atoms with Gasteiger partial charge in [0.05, 0.1) is 11.0 Å². The average molecular weight is 500 g/mol. The largest absolute Gasteiger partial charge is 0.444 e. The highest BCUT2D eigenvalue weighted by atomic mass is 35.5. The van der Waals surface area contributed by atoms with E-state index in [0.717, 1.165) is 16.6 Å². The zero-order valence-corrected chi connectivity index (χ0v) is 21.9. The monoisotopic (exact) mass is 499 g/mol. The number of halogens is 1. The first-order chi connectivity index (χ1) is 16.5. The predicted octanol–water partition coefficient (Wildman–Crippen LogP) is 5.36. The van der Waals surface area contributed by atoms with Crippen molar-refractivity contribution >= 4 is 34.5 Å². The molecule has 0 aliphatic carbocycles. The van der Waals surface area contributed by atoms with Gasteiger partial charge in [0.15, 0.2) is 5.78 Å². The molecule has 0 saturated carbocycles. The van der Waals surface area contributed by atoms with E-state index < -0.39 is 5.60 Å². The Labute approximate surface area is 211 Å². The van der Waals surface area contributed by atoms with Gasteiger partial charge in [0.1, 0.15) is 5.60 Å². The summed E-state index contributed by atoms with van der Waals surface area (Å²) in [4.78, 5) is 39.4. The number of hydrogen-bond acceptors (Lipinski definition) is 4. The molecule has 0 aliphatic heterocycles. The van der Waals surface area contributed by atoms with Crippen molar-refractivity contribution in [1.82, 2.24) is 14.0 Å². The van der Waals surface area contributed by atoms with Gasteiger partial charge in [-0.05, 0) is 69.9 Å². The molecule has 35 heavy (non-hydrogen) atoms. The second-order valence-electron chi connectivity index (χ2n) is 9.79. The summed E-state index contributed by atoms with van der Waals surface area (Å²) in [5, 5.41) is 0.676. The molecule has 0 N–H and O–H groups in total. The van der Waals surface area contributed by atoms with Crippen molar-refractivity contribution in [2.24, 2.45) is 14.1 Å². The molecule has 1 heterocycles. The Hall–Kier alpha value is -3.06. The van der Waals surface area contributed by atoms with Crippen LogP contribution in [0.3, 0.4) is 0 Å². The van der Waals surface area contributed by atoms with Crippen molar-refractivity contribution < 1.29 is 14.3 Å². The number of benzene rings is 2. The molecule has 0 bridgehead atoms. The minimum Gasteiger partial charge on any atom is -0.444 e. The number of rotatable bonds is 9. The quantitative estimate of drug-likeness (QED) is 0.293. The highest BCUT2D eigenvalue weighted by Crippen LogP contribution is 2.19. The van der Waals surface area contributed by atoms with Gasteiger partial charge in [0.2, 0.25) is 0 Å². The van der Waals surface area contributed by atoms with Crippen LogP contribution in [0.25, 0.3) is 11.0 Å². The Morgan fingerprint density at radius 3 is 2.34 bits per heavy atom. The third-order valence-electron chi connectivity index (χ3n) is 5.94. The van der Waals surface area contributed by atoms with Gasteiger partial charge in [0, 0.05) is 44.2 Å². The van der Waals surface area contributed by atoms with Crippen LogP contribution in [0.2, 0.25) is 5.02 Å². The van der Waals surface area contributed by atoms with Gasteiger partial charge in [0.25, 0.3) is 0 Å². The third kappa shape index (κ3) is 6.75. The number of aryl methyl sites for hydroxylation is 2. The van der Waals surface area contributed by atoms with Crippen LogP contribution in [-0.2, 0) is 25.3 Å². The number of fused-ring (bicyclic) bond motifs is 1. The van der Waals surface area contributed by atoms with Crippen molar-refractivity contribution in [2.75, 3.05) is 13.1 Å². The van der Waals surface area contributed by atoms with Gasteiger partial charge in [-0.25, -0.2) is 9.59 Å². The van der Waals surface area contributed by atoms with Gasteiger partial charge in [-0.15, -0.1) is 0 Å². The molecule has 188 valence electrons. The highest BCUT2D eigenvalue weighted by molar-refractivity contribution is 6.31. The molecule has 2 aromatic carbocycles. The first-order valence-electron chi connectivity index (χ1n) is 11.9. The van der Waals surface area contributed by atoms with Gasteiger partial charge in [-0.2, -0.15) is 0 Å². The number of aromatic nitrogens is 2. The molecule has 3 aromatic rings. The SMILES string of the molecule is Cn1c(=O)n(C)c2cc(C(=O)CCCCN(CCc3ccccc3Cl)C(=O)OC(C)(C)C)ccc21. The van der Waals surface area contributed by atoms with Gasteiger partial charge in [-0.3, -0.25) is 13.9 Å². The molecule has 0 radical (unpaired) electrons. The molecule has 0 unspecified atom stereocenters. The number of imidazole rings is 1. The fourth-order valence-corrected chi connectivity index (χ4v) is 4.22. The summed E-state index contributed by atoms with van der Waals surface area (Å²) in [6, 6.07) is 12.9. The smallest absolute Gasteiger partial charge is 0.410 e. The number of nitrogens with zero attached hydrogens (tertiary/aromatic N) is 3. The van der Waals surface area contributed by atoms with Crippen LogP contribution in [0.5, 0.6) is 0 Å². The molecule has 7 nitrogen and oxygen atoms in total. The molecule has 0 atom stereocenters. The van der Waals surface area contributed by atoms with E-state index in [0.29, 0.717) is 49.4 Å². The molecule has 1 aromatic heterocycles. The number of amides is 1. The van der Waals surface area contributed by atoms with Crippen molar-refractivity contribution in [1.29, 1.82) is 0 Å². The normalized spacial score (nSPS) is 11.6. The molecule has 1 amide bonds. The van der Waals surface area contributed by atoms with E-state index in [1.54, 1.807) is 40.3 Å². The van der Waals surface area contributed by atoms with E-state index in [1.807, 2.05) is 51.1 Å². The first-order valence-corrected chi connectivity index (χ1v) is 12.3. The molecular weight excluding hydrogens is 466 g/mol. The van der Waals surface area contributed by atoms with Crippen molar-refractivity contribution in [3.63, 3.8) is 0 Å². The number of hydrogen-bond donors (Lipinski definition) is 0. The summed E-state index contributed by atoms with van der Waals surface area (Å²) in [6.45, 7) is 6.49. The van der Waals surface area contributed by atoms with E-state index in [1.165, 1.54) is 0 Å². The summed E-state index contributed by atoms with van der Waals surface area (Å²) in [5.41, 5.74) is 2.37. The summed E-state index contributed by atoms with van der Waals surface area (Å²) in [7, 11) is 3.42. The highest BCUT2D eigenvalue weighted by Gasteiger charge is 2.22. The minimum absolute atomic E-state index is 0.0167. The number of ether oxygens (including phenoxy) is 1. The average Bonchev–Trinajstić information content (AvgIpc) is 3.01. The van der Waals surface area contributed by atoms with Gasteiger partial charge >= 0.3 is 11.8 Å². The lowest BCUT2D eigenvalue weighted by molar-refractivity contribution is 0.0249. The predicted molar refractivity (Wildman–Crippen MR) is 139 cm³/mol. The number of ketones is 1. The number of unbranched alkanes of at least 4 members (excludes halogenated alkanes) is 1. The van der Waals surface area contributed by atoms with E-state index in [4.69, 9.17) is 16.3 Å². The lowest BCUT2D eigenvalue weighted by atomic mass is 10.0. The van der Waals surface area contributed by atoms with E-state index >= 15 is 0 Å². The molecule has 0 saturated heterocycles. The lowest BCUT2D eigenvalue weighted by Crippen LogP contribution is -2.38. The third-order valence-corrected chi connectivity index (χ3v) is 6.31. The second-order valence-corrected chi connectivity index (χ2v) is 10.2. The Balaban J connectivity index is 1.59. The maximum atomic E-state index is 12.8. The van der Waals surface area contributed by atoms with E-state index in [-0.39, 0.29) is 17.6 Å². The van der Waals surface area contributed by atoms with E-state index in [2.05, 4.69) is 0 Å². The summed E-state index contributed by atoms with van der Waals surface area (Å²) in [6.07, 6.45) is 1.91. The first kappa shape index (κ1) is 26.5. The number of carbonyl (C=O) groups excluding carboxylic acids is 2. The molecule has 0 spiro atoms. The molecule has 0 aliphatic rings. The zero-order valence-electron chi connectivity index (χ0n) is 21.1. The van der Waals surface area contributed by atoms with Crippen LogP contribution in [0.15, 0.2) is 47.3 Å². The van der Waals surface area contributed by atoms with Crippen LogP contribution in [0.1, 0.15) is 56.0 Å². The maximum Gasteiger partial charge on any atom is 0.410 e. The zero-order chi connectivity index (χ0) is 25.8. The summed E-state index contributed by atoms with van der Waals surface area (Å²) < 4.78 is 8.70. The standard InChI is InChI=1S/C27H34ClN3O4/c1-27(2,3)35-26(34)31(17-15-19-10-6-7-11-21(19)28)16-9-8-12-24(32)20-13-14-22-23(18-20)30(5)25(33)29(22)4/h6-7,10-11,13-14,18H,8-9,12,15-17H2,1-5H3. The van der Waals surface area contributed by atoms with Crippen LogP contribution in [0, 0.1) is 0 Å². The van der Waals surface area contributed by atoms with Crippen LogP contribution in [0.4, 0.5) is 4.79 Å². The Morgan fingerprint density at radius 1 is 0.971 bits per heavy atom. The van der Waals surface area contributed by atoms with Crippen LogP contribution in [-0.4, -0.2) is 44.6 Å². The summed E-state index contributed by atoms with van der Waals surface area (Å²) >= 11 is 6.28.